The van der Waals surface area contributed by atoms with Crippen LogP contribution in [-0.2, 0) is 6.54 Å². The Morgan fingerprint density at radius 1 is 1.32 bits per heavy atom. The van der Waals surface area contributed by atoms with E-state index in [4.69, 9.17) is 0 Å². The summed E-state index contributed by atoms with van der Waals surface area (Å²) in [6, 6.07) is 11.0. The molecular formula is C15H21N3S. The van der Waals surface area contributed by atoms with E-state index < -0.39 is 0 Å². The molecule has 0 amide bonds. The normalized spacial score (nSPS) is 12.8. The summed E-state index contributed by atoms with van der Waals surface area (Å²) >= 11 is 1.74. The van der Waals surface area contributed by atoms with E-state index in [-0.39, 0.29) is 0 Å². The largest absolute Gasteiger partial charge is 0.318 e. The van der Waals surface area contributed by atoms with Crippen molar-refractivity contribution in [2.24, 2.45) is 0 Å². The fourth-order valence-electron chi connectivity index (χ4n) is 2.21. The highest BCUT2D eigenvalue weighted by molar-refractivity contribution is 7.09. The van der Waals surface area contributed by atoms with Crippen LogP contribution in [0.1, 0.15) is 22.2 Å². The van der Waals surface area contributed by atoms with Crippen LogP contribution < -0.4 is 5.32 Å². The van der Waals surface area contributed by atoms with E-state index in [1.807, 2.05) is 12.6 Å². The van der Waals surface area contributed by atoms with Crippen LogP contribution in [0, 0.1) is 6.92 Å². The lowest BCUT2D eigenvalue weighted by atomic mass is 10.1. The molecule has 2 aromatic rings. The number of aromatic nitrogens is 1. The molecule has 102 valence electrons. The SMILES string of the molecule is CNCC(c1ccccc1)N(C)Cc1scnc1C. The van der Waals surface area contributed by atoms with Crippen LogP contribution >= 0.6 is 11.3 Å². The maximum Gasteiger partial charge on any atom is 0.0798 e. The molecule has 0 aliphatic rings. The van der Waals surface area contributed by atoms with Crippen molar-refractivity contribution in [3.05, 3.63) is 52.0 Å². The van der Waals surface area contributed by atoms with E-state index in [0.29, 0.717) is 6.04 Å². The molecule has 4 heteroatoms. The second-order valence-electron chi connectivity index (χ2n) is 4.76. The fraction of sp³-hybridized carbons (Fsp3) is 0.400. The van der Waals surface area contributed by atoms with Gasteiger partial charge >= 0.3 is 0 Å². The van der Waals surface area contributed by atoms with Gasteiger partial charge in [-0.05, 0) is 26.6 Å². The van der Waals surface area contributed by atoms with Gasteiger partial charge in [0.25, 0.3) is 0 Å². The van der Waals surface area contributed by atoms with Gasteiger partial charge in [0, 0.05) is 24.0 Å². The summed E-state index contributed by atoms with van der Waals surface area (Å²) in [5, 5.41) is 3.29. The zero-order valence-corrected chi connectivity index (χ0v) is 12.6. The number of hydrogen-bond donors (Lipinski definition) is 1. The Labute approximate surface area is 119 Å². The van der Waals surface area contributed by atoms with Gasteiger partial charge in [-0.25, -0.2) is 4.98 Å². The lowest BCUT2D eigenvalue weighted by Gasteiger charge is -2.28. The number of aryl methyl sites for hydroxylation is 1. The van der Waals surface area contributed by atoms with Crippen LogP contribution in [0.2, 0.25) is 0 Å². The van der Waals surface area contributed by atoms with Gasteiger partial charge in [-0.3, -0.25) is 4.90 Å². The summed E-state index contributed by atoms with van der Waals surface area (Å²) in [6.07, 6.45) is 0. The van der Waals surface area contributed by atoms with Crippen molar-refractivity contribution in [3.8, 4) is 0 Å². The zero-order chi connectivity index (χ0) is 13.7. The summed E-state index contributed by atoms with van der Waals surface area (Å²) in [7, 11) is 4.18. The van der Waals surface area contributed by atoms with Crippen molar-refractivity contribution in [3.63, 3.8) is 0 Å². The van der Waals surface area contributed by atoms with Crippen LogP contribution in [0.3, 0.4) is 0 Å². The molecule has 0 radical (unpaired) electrons. The van der Waals surface area contributed by atoms with Crippen LogP contribution in [-0.4, -0.2) is 30.5 Å². The van der Waals surface area contributed by atoms with E-state index in [9.17, 15) is 0 Å². The highest BCUT2D eigenvalue weighted by atomic mass is 32.1. The van der Waals surface area contributed by atoms with E-state index >= 15 is 0 Å². The van der Waals surface area contributed by atoms with E-state index in [2.05, 4.69) is 59.5 Å². The summed E-state index contributed by atoms with van der Waals surface area (Å²) < 4.78 is 0. The maximum atomic E-state index is 4.32. The molecule has 0 saturated heterocycles. The molecule has 3 nitrogen and oxygen atoms in total. The van der Waals surface area contributed by atoms with Crippen molar-refractivity contribution in [2.75, 3.05) is 20.6 Å². The highest BCUT2D eigenvalue weighted by Gasteiger charge is 2.17. The van der Waals surface area contributed by atoms with Gasteiger partial charge in [0.05, 0.1) is 11.2 Å². The molecule has 1 heterocycles. The minimum atomic E-state index is 0.382. The Morgan fingerprint density at radius 3 is 2.63 bits per heavy atom. The number of nitrogens with one attached hydrogen (secondary N) is 1. The number of benzene rings is 1. The highest BCUT2D eigenvalue weighted by Crippen LogP contribution is 2.23. The number of rotatable bonds is 6. The molecule has 1 atom stereocenters. The number of hydrogen-bond acceptors (Lipinski definition) is 4. The van der Waals surface area contributed by atoms with Crippen LogP contribution in [0.25, 0.3) is 0 Å². The molecule has 0 bridgehead atoms. The van der Waals surface area contributed by atoms with Crippen LogP contribution in [0.5, 0.6) is 0 Å². The predicted octanol–water partition coefficient (Wildman–Crippen LogP) is 2.84. The van der Waals surface area contributed by atoms with Gasteiger partial charge in [-0.1, -0.05) is 30.3 Å². The first-order valence-corrected chi connectivity index (χ1v) is 7.39. The Morgan fingerprint density at radius 2 is 2.05 bits per heavy atom. The van der Waals surface area contributed by atoms with Crippen LogP contribution in [0.15, 0.2) is 35.8 Å². The Hall–Kier alpha value is -1.23. The zero-order valence-electron chi connectivity index (χ0n) is 11.8. The van der Waals surface area contributed by atoms with Gasteiger partial charge in [-0.2, -0.15) is 0 Å². The number of likely N-dealkylation sites (N-methyl/N-ethyl adjacent to an activating group) is 2. The molecular weight excluding hydrogens is 254 g/mol. The second-order valence-corrected chi connectivity index (χ2v) is 5.70. The minimum Gasteiger partial charge on any atom is -0.318 e. The molecule has 1 aromatic heterocycles. The van der Waals surface area contributed by atoms with Crippen molar-refractivity contribution in [1.82, 2.24) is 15.2 Å². The molecule has 0 spiro atoms. The fourth-order valence-corrected chi connectivity index (χ4v) is 3.05. The first-order valence-electron chi connectivity index (χ1n) is 6.51. The second kappa shape index (κ2) is 6.80. The number of nitrogens with zero attached hydrogens (tertiary/aromatic N) is 2. The summed E-state index contributed by atoms with van der Waals surface area (Å²) in [5.74, 6) is 0. The Kier molecular flexibility index (Phi) is 5.07. The third-order valence-electron chi connectivity index (χ3n) is 3.35. The van der Waals surface area contributed by atoms with Crippen molar-refractivity contribution < 1.29 is 0 Å². The molecule has 19 heavy (non-hydrogen) atoms. The quantitative estimate of drug-likeness (QED) is 0.878. The van der Waals surface area contributed by atoms with Gasteiger partial charge < -0.3 is 5.32 Å². The summed E-state index contributed by atoms with van der Waals surface area (Å²) in [5.41, 5.74) is 4.42. The molecule has 1 N–H and O–H groups in total. The number of thiazole rings is 1. The first kappa shape index (κ1) is 14.2. The standard InChI is InChI=1S/C15H21N3S/c1-12-15(19-11-17-12)10-18(3)14(9-16-2)13-7-5-4-6-8-13/h4-8,11,14,16H,9-10H2,1-3H3. The third-order valence-corrected chi connectivity index (χ3v) is 4.27. The van der Waals surface area contributed by atoms with Gasteiger partial charge in [-0.15, -0.1) is 11.3 Å². The lowest BCUT2D eigenvalue weighted by Crippen LogP contribution is -2.31. The molecule has 0 aliphatic heterocycles. The Bertz CT molecular complexity index is 495. The van der Waals surface area contributed by atoms with E-state index in [1.54, 1.807) is 11.3 Å². The minimum absolute atomic E-state index is 0.382. The molecule has 0 aliphatic carbocycles. The molecule has 1 aromatic carbocycles. The molecule has 0 saturated carbocycles. The average molecular weight is 275 g/mol. The third kappa shape index (κ3) is 3.62. The monoisotopic (exact) mass is 275 g/mol. The van der Waals surface area contributed by atoms with Crippen molar-refractivity contribution in [2.45, 2.75) is 19.5 Å². The van der Waals surface area contributed by atoms with Gasteiger partial charge in [0.1, 0.15) is 0 Å². The first-order chi connectivity index (χ1) is 9.22. The topological polar surface area (TPSA) is 28.2 Å². The maximum absolute atomic E-state index is 4.32. The van der Waals surface area contributed by atoms with Crippen LogP contribution in [0.4, 0.5) is 0 Å². The molecule has 0 fully saturated rings. The summed E-state index contributed by atoms with van der Waals surface area (Å²) in [4.78, 5) is 8.05. The smallest absolute Gasteiger partial charge is 0.0798 e. The lowest BCUT2D eigenvalue weighted by molar-refractivity contribution is 0.234. The Balaban J connectivity index is 2.13. The average Bonchev–Trinajstić information content (AvgIpc) is 2.82. The van der Waals surface area contributed by atoms with E-state index in [1.165, 1.54) is 10.4 Å². The summed E-state index contributed by atoms with van der Waals surface area (Å²) in [6.45, 7) is 3.96. The van der Waals surface area contributed by atoms with Crippen molar-refractivity contribution in [1.29, 1.82) is 0 Å². The van der Waals surface area contributed by atoms with Gasteiger partial charge in [0.2, 0.25) is 0 Å². The molecule has 1 unspecified atom stereocenters. The predicted molar refractivity (Wildman–Crippen MR) is 81.4 cm³/mol. The van der Waals surface area contributed by atoms with Crippen molar-refractivity contribution >= 4 is 11.3 Å². The van der Waals surface area contributed by atoms with E-state index in [0.717, 1.165) is 18.8 Å². The van der Waals surface area contributed by atoms with Gasteiger partial charge in [0.15, 0.2) is 0 Å². The molecule has 2 rings (SSSR count).